The number of carbonyl (C=O) groups is 1. The zero-order valence-electron chi connectivity index (χ0n) is 7.62. The Morgan fingerprint density at radius 1 is 1.50 bits per heavy atom. The van der Waals surface area contributed by atoms with Gasteiger partial charge < -0.3 is 5.32 Å². The third kappa shape index (κ3) is 2.75. The molecule has 0 fully saturated rings. The quantitative estimate of drug-likeness (QED) is 0.759. The first-order valence-electron chi connectivity index (χ1n) is 4.04. The molecule has 0 heterocycles. The number of halogens is 1. The number of carbonyl (C=O) groups excluding carboxylic acids is 1. The standard InChI is InChI=1S/C10H9ClN2O/c1-7(14)13-9-4-2-8(3-5-9)10(11)6-12/h2-5,10H,1H3,(H,13,14). The van der Waals surface area contributed by atoms with Crippen LogP contribution in [0.5, 0.6) is 0 Å². The maximum Gasteiger partial charge on any atom is 0.221 e. The summed E-state index contributed by atoms with van der Waals surface area (Å²) in [6.45, 7) is 1.44. The van der Waals surface area contributed by atoms with Crippen molar-refractivity contribution in [3.8, 4) is 6.07 Å². The zero-order chi connectivity index (χ0) is 10.6. The van der Waals surface area contributed by atoms with Crippen LogP contribution in [0.4, 0.5) is 5.69 Å². The molecule has 4 heteroatoms. The monoisotopic (exact) mass is 208 g/mol. The minimum absolute atomic E-state index is 0.125. The van der Waals surface area contributed by atoms with Crippen LogP contribution < -0.4 is 5.32 Å². The number of nitriles is 1. The van der Waals surface area contributed by atoms with Gasteiger partial charge in [0.05, 0.1) is 6.07 Å². The molecule has 0 saturated heterocycles. The van der Waals surface area contributed by atoms with Crippen molar-refractivity contribution in [2.24, 2.45) is 0 Å². The van der Waals surface area contributed by atoms with Gasteiger partial charge in [0.15, 0.2) is 0 Å². The maximum atomic E-state index is 10.7. The van der Waals surface area contributed by atoms with Gasteiger partial charge in [0.2, 0.25) is 5.91 Å². The Labute approximate surface area is 87.3 Å². The second-order valence-corrected chi connectivity index (χ2v) is 3.23. The van der Waals surface area contributed by atoms with Crippen molar-refractivity contribution in [2.75, 3.05) is 5.32 Å². The van der Waals surface area contributed by atoms with Gasteiger partial charge in [-0.15, -0.1) is 11.6 Å². The molecule has 0 bridgehead atoms. The van der Waals surface area contributed by atoms with Crippen molar-refractivity contribution in [3.05, 3.63) is 29.8 Å². The average Bonchev–Trinajstić information content (AvgIpc) is 2.17. The topological polar surface area (TPSA) is 52.9 Å². The van der Waals surface area contributed by atoms with Crippen LogP contribution >= 0.6 is 11.6 Å². The first kappa shape index (κ1) is 10.6. The molecule has 1 aromatic rings. The molecule has 1 N–H and O–H groups in total. The summed E-state index contributed by atoms with van der Waals surface area (Å²) in [6.07, 6.45) is 0. The number of nitrogens with one attached hydrogen (secondary N) is 1. The van der Waals surface area contributed by atoms with Crippen LogP contribution in [0, 0.1) is 11.3 Å². The molecule has 1 amide bonds. The molecular formula is C10H9ClN2O. The largest absolute Gasteiger partial charge is 0.326 e. The summed E-state index contributed by atoms with van der Waals surface area (Å²) in [5, 5.41) is 10.5. The minimum Gasteiger partial charge on any atom is -0.326 e. The van der Waals surface area contributed by atoms with Crippen LogP contribution in [0.2, 0.25) is 0 Å². The highest BCUT2D eigenvalue weighted by Gasteiger charge is 2.05. The van der Waals surface area contributed by atoms with Gasteiger partial charge in [0, 0.05) is 12.6 Å². The molecule has 0 aromatic heterocycles. The lowest BCUT2D eigenvalue weighted by Crippen LogP contribution is -2.05. The molecule has 1 aromatic carbocycles. The highest BCUT2D eigenvalue weighted by atomic mass is 35.5. The van der Waals surface area contributed by atoms with Crippen LogP contribution in [-0.4, -0.2) is 5.91 Å². The third-order valence-corrected chi connectivity index (χ3v) is 1.99. The number of benzene rings is 1. The van der Waals surface area contributed by atoms with E-state index in [0.29, 0.717) is 5.69 Å². The van der Waals surface area contributed by atoms with Crippen LogP contribution in [0.25, 0.3) is 0 Å². The molecule has 14 heavy (non-hydrogen) atoms. The lowest BCUT2D eigenvalue weighted by Gasteiger charge is -2.04. The molecular weight excluding hydrogens is 200 g/mol. The van der Waals surface area contributed by atoms with E-state index in [9.17, 15) is 4.79 Å². The van der Waals surface area contributed by atoms with E-state index in [0.717, 1.165) is 5.56 Å². The van der Waals surface area contributed by atoms with E-state index in [2.05, 4.69) is 5.32 Å². The lowest BCUT2D eigenvalue weighted by atomic mass is 10.1. The van der Waals surface area contributed by atoms with E-state index in [1.54, 1.807) is 24.3 Å². The minimum atomic E-state index is -0.638. The van der Waals surface area contributed by atoms with E-state index in [4.69, 9.17) is 16.9 Å². The van der Waals surface area contributed by atoms with Gasteiger partial charge in [-0.1, -0.05) is 12.1 Å². The predicted molar refractivity (Wildman–Crippen MR) is 55.0 cm³/mol. The first-order valence-corrected chi connectivity index (χ1v) is 4.48. The van der Waals surface area contributed by atoms with Crippen LogP contribution in [0.1, 0.15) is 17.9 Å². The van der Waals surface area contributed by atoms with Crippen molar-refractivity contribution in [2.45, 2.75) is 12.3 Å². The van der Waals surface area contributed by atoms with Crippen LogP contribution in [-0.2, 0) is 4.79 Å². The van der Waals surface area contributed by atoms with Crippen molar-refractivity contribution in [1.82, 2.24) is 0 Å². The number of alkyl halides is 1. The van der Waals surface area contributed by atoms with Crippen LogP contribution in [0.3, 0.4) is 0 Å². The fraction of sp³-hybridized carbons (Fsp3) is 0.200. The third-order valence-electron chi connectivity index (χ3n) is 1.64. The Morgan fingerprint density at radius 3 is 2.50 bits per heavy atom. The van der Waals surface area contributed by atoms with E-state index in [1.807, 2.05) is 6.07 Å². The van der Waals surface area contributed by atoms with Gasteiger partial charge >= 0.3 is 0 Å². The molecule has 72 valence electrons. The number of amides is 1. The number of nitrogens with zero attached hydrogens (tertiary/aromatic N) is 1. The Bertz CT molecular complexity index is 367. The molecule has 0 aliphatic heterocycles. The van der Waals surface area contributed by atoms with Gasteiger partial charge in [-0.05, 0) is 17.7 Å². The smallest absolute Gasteiger partial charge is 0.221 e. The SMILES string of the molecule is CC(=O)Nc1ccc(C(Cl)C#N)cc1. The van der Waals surface area contributed by atoms with Gasteiger partial charge in [0.1, 0.15) is 5.38 Å². The Morgan fingerprint density at radius 2 is 2.07 bits per heavy atom. The molecule has 1 rings (SSSR count). The maximum absolute atomic E-state index is 10.7. The fourth-order valence-corrected chi connectivity index (χ4v) is 1.16. The van der Waals surface area contributed by atoms with Gasteiger partial charge in [-0.2, -0.15) is 5.26 Å². The van der Waals surface area contributed by atoms with Crippen molar-refractivity contribution in [1.29, 1.82) is 5.26 Å². The number of hydrogen-bond donors (Lipinski definition) is 1. The molecule has 0 spiro atoms. The van der Waals surface area contributed by atoms with Gasteiger partial charge in [-0.25, -0.2) is 0 Å². The number of rotatable bonds is 2. The summed E-state index contributed by atoms with van der Waals surface area (Å²) in [7, 11) is 0. The number of hydrogen-bond acceptors (Lipinski definition) is 2. The van der Waals surface area contributed by atoms with Gasteiger partial charge in [-0.3, -0.25) is 4.79 Å². The zero-order valence-corrected chi connectivity index (χ0v) is 8.38. The normalized spacial score (nSPS) is 11.5. The van der Waals surface area contributed by atoms with E-state index < -0.39 is 5.38 Å². The Kier molecular flexibility index (Phi) is 3.49. The molecule has 0 aliphatic carbocycles. The highest BCUT2D eigenvalue weighted by molar-refractivity contribution is 6.22. The summed E-state index contributed by atoms with van der Waals surface area (Å²) < 4.78 is 0. The van der Waals surface area contributed by atoms with E-state index >= 15 is 0 Å². The number of anilines is 1. The summed E-state index contributed by atoms with van der Waals surface area (Å²) in [6, 6.07) is 8.77. The van der Waals surface area contributed by atoms with Crippen molar-refractivity contribution < 1.29 is 4.79 Å². The summed E-state index contributed by atoms with van der Waals surface area (Å²) >= 11 is 5.70. The van der Waals surface area contributed by atoms with Crippen LogP contribution in [0.15, 0.2) is 24.3 Å². The Hall–Kier alpha value is -1.53. The highest BCUT2D eigenvalue weighted by Crippen LogP contribution is 2.20. The molecule has 1 atom stereocenters. The summed E-state index contributed by atoms with van der Waals surface area (Å²) in [5.74, 6) is -0.125. The van der Waals surface area contributed by atoms with E-state index in [-0.39, 0.29) is 5.91 Å². The Balaban J connectivity index is 2.79. The summed E-state index contributed by atoms with van der Waals surface area (Å²) in [5.41, 5.74) is 1.42. The summed E-state index contributed by atoms with van der Waals surface area (Å²) in [4.78, 5) is 10.7. The lowest BCUT2D eigenvalue weighted by molar-refractivity contribution is -0.114. The van der Waals surface area contributed by atoms with Crippen molar-refractivity contribution in [3.63, 3.8) is 0 Å². The molecule has 0 saturated carbocycles. The fourth-order valence-electron chi connectivity index (χ4n) is 1.01. The first-order chi connectivity index (χ1) is 6.63. The second kappa shape index (κ2) is 4.64. The van der Waals surface area contributed by atoms with Gasteiger partial charge in [0.25, 0.3) is 0 Å². The molecule has 0 radical (unpaired) electrons. The average molecular weight is 209 g/mol. The molecule has 0 aliphatic rings. The predicted octanol–water partition coefficient (Wildman–Crippen LogP) is 2.45. The molecule has 1 unspecified atom stereocenters. The second-order valence-electron chi connectivity index (χ2n) is 2.79. The van der Waals surface area contributed by atoms with E-state index in [1.165, 1.54) is 6.92 Å². The molecule has 3 nitrogen and oxygen atoms in total. The van der Waals surface area contributed by atoms with Crippen molar-refractivity contribution >= 4 is 23.2 Å².